The molecule has 0 aliphatic heterocycles. The third-order valence-electron chi connectivity index (χ3n) is 2.40. The number of hydrogen-bond acceptors (Lipinski definition) is 2. The highest BCUT2D eigenvalue weighted by atomic mass is 127. The van der Waals surface area contributed by atoms with Gasteiger partial charge in [-0.15, -0.1) is 5.10 Å². The van der Waals surface area contributed by atoms with Crippen LogP contribution in [-0.4, -0.2) is 26.8 Å². The number of hydrogen-bond donors (Lipinski definition) is 0. The fraction of sp³-hybridized carbons (Fsp3) is 0.714. The van der Waals surface area contributed by atoms with Crippen LogP contribution >= 0.6 is 22.6 Å². The number of rotatable bonds is 2. The summed E-state index contributed by atoms with van der Waals surface area (Å²) in [6, 6.07) is 0. The highest BCUT2D eigenvalue weighted by molar-refractivity contribution is 14.1. The summed E-state index contributed by atoms with van der Waals surface area (Å²) in [6.07, 6.45) is 0.577. The Morgan fingerprint density at radius 2 is 2.13 bits per heavy atom. The lowest BCUT2D eigenvalue weighted by molar-refractivity contribution is -0.316. The Kier molecular flexibility index (Phi) is 2.43. The highest BCUT2D eigenvalue weighted by Crippen LogP contribution is 2.55. The van der Waals surface area contributed by atoms with Crippen LogP contribution in [0.15, 0.2) is 6.20 Å². The van der Waals surface area contributed by atoms with Gasteiger partial charge in [0.25, 0.3) is 0 Å². The summed E-state index contributed by atoms with van der Waals surface area (Å²) in [7, 11) is 0. The quantitative estimate of drug-likeness (QED) is 0.613. The van der Waals surface area contributed by atoms with Gasteiger partial charge in [0.2, 0.25) is 0 Å². The normalized spacial score (nSPS) is 27.4. The molecule has 3 nitrogen and oxygen atoms in total. The minimum atomic E-state index is -3.94. The fourth-order valence-electron chi connectivity index (χ4n) is 1.48. The van der Waals surface area contributed by atoms with Crippen LogP contribution in [0.3, 0.4) is 0 Å². The first-order chi connectivity index (χ1) is 6.83. The average molecular weight is 335 g/mol. The molecule has 1 fully saturated rings. The molecule has 1 saturated carbocycles. The van der Waals surface area contributed by atoms with Crippen molar-refractivity contribution in [1.29, 1.82) is 0 Å². The molecule has 0 bridgehead atoms. The molecule has 1 aliphatic rings. The van der Waals surface area contributed by atoms with E-state index in [0.717, 1.165) is 4.80 Å². The Hall–Kier alpha value is -0.410. The van der Waals surface area contributed by atoms with Gasteiger partial charge in [0, 0.05) is 6.42 Å². The molecule has 8 heteroatoms. The molecule has 0 spiro atoms. The molecular formula is C7H6F4IN3. The van der Waals surface area contributed by atoms with Crippen LogP contribution in [-0.2, 0) is 6.54 Å². The predicted molar refractivity (Wildman–Crippen MR) is 50.7 cm³/mol. The summed E-state index contributed by atoms with van der Waals surface area (Å²) in [5.74, 6) is -9.19. The Morgan fingerprint density at radius 3 is 2.53 bits per heavy atom. The SMILES string of the molecule is FC1(F)CC(Cn2ncc(I)n2)C1(F)F. The number of nitrogens with zero attached hydrogens (tertiary/aromatic N) is 3. The van der Waals surface area contributed by atoms with Crippen molar-refractivity contribution < 1.29 is 17.6 Å². The molecule has 1 atom stereocenters. The standard InChI is InChI=1S/C7H6F4IN3/c8-6(9)1-4(7(6,10)11)3-15-13-2-5(12)14-15/h2,4H,1,3H2. The van der Waals surface area contributed by atoms with Crippen LogP contribution in [0.25, 0.3) is 0 Å². The molecule has 1 unspecified atom stereocenters. The van der Waals surface area contributed by atoms with E-state index in [9.17, 15) is 17.6 Å². The second kappa shape index (κ2) is 3.29. The monoisotopic (exact) mass is 335 g/mol. The van der Waals surface area contributed by atoms with Gasteiger partial charge >= 0.3 is 11.8 Å². The lowest BCUT2D eigenvalue weighted by Gasteiger charge is -2.43. The van der Waals surface area contributed by atoms with Crippen LogP contribution in [0.1, 0.15) is 6.42 Å². The average Bonchev–Trinajstić information content (AvgIpc) is 2.50. The largest absolute Gasteiger partial charge is 0.315 e. The van der Waals surface area contributed by atoms with Crippen LogP contribution in [0.5, 0.6) is 0 Å². The molecular weight excluding hydrogens is 329 g/mol. The van der Waals surface area contributed by atoms with E-state index < -0.39 is 24.2 Å². The minimum Gasteiger partial charge on any atom is -0.200 e. The van der Waals surface area contributed by atoms with Gasteiger partial charge in [0.15, 0.2) is 0 Å². The van der Waals surface area contributed by atoms with Gasteiger partial charge in [-0.1, -0.05) is 0 Å². The Bertz CT molecular complexity index is 378. The Labute approximate surface area is 96.0 Å². The van der Waals surface area contributed by atoms with E-state index in [2.05, 4.69) is 10.2 Å². The van der Waals surface area contributed by atoms with E-state index >= 15 is 0 Å². The summed E-state index contributed by atoms with van der Waals surface area (Å²) in [5.41, 5.74) is 0. The molecule has 0 N–H and O–H groups in total. The lowest BCUT2D eigenvalue weighted by atomic mass is 9.77. The summed E-state index contributed by atoms with van der Waals surface area (Å²) in [6.45, 7) is -0.272. The summed E-state index contributed by atoms with van der Waals surface area (Å²) < 4.78 is 51.2. The molecule has 1 aromatic heterocycles. The van der Waals surface area contributed by atoms with Crippen molar-refractivity contribution in [3.8, 4) is 0 Å². The summed E-state index contributed by atoms with van der Waals surface area (Å²) in [5, 5.41) is 7.43. The molecule has 1 aromatic rings. The molecule has 1 aliphatic carbocycles. The molecule has 0 radical (unpaired) electrons. The third kappa shape index (κ3) is 1.72. The summed E-state index contributed by atoms with van der Waals surface area (Å²) >= 11 is 1.86. The lowest BCUT2D eigenvalue weighted by Crippen LogP contribution is -2.59. The topological polar surface area (TPSA) is 30.7 Å². The maximum Gasteiger partial charge on any atom is 0.315 e. The van der Waals surface area contributed by atoms with Crippen molar-refractivity contribution in [2.24, 2.45) is 5.92 Å². The van der Waals surface area contributed by atoms with Gasteiger partial charge < -0.3 is 0 Å². The molecule has 0 saturated heterocycles. The van der Waals surface area contributed by atoms with Crippen molar-refractivity contribution in [2.75, 3.05) is 0 Å². The maximum atomic E-state index is 12.9. The minimum absolute atomic E-state index is 0.272. The number of alkyl halides is 4. The van der Waals surface area contributed by atoms with Crippen molar-refractivity contribution in [3.63, 3.8) is 0 Å². The van der Waals surface area contributed by atoms with Crippen molar-refractivity contribution in [1.82, 2.24) is 15.0 Å². The van der Waals surface area contributed by atoms with Gasteiger partial charge in [-0.25, -0.2) is 0 Å². The van der Waals surface area contributed by atoms with E-state index in [0.29, 0.717) is 3.70 Å². The molecule has 0 aromatic carbocycles. The Morgan fingerprint density at radius 1 is 1.47 bits per heavy atom. The van der Waals surface area contributed by atoms with Crippen molar-refractivity contribution >= 4 is 22.6 Å². The van der Waals surface area contributed by atoms with Gasteiger partial charge in [0.05, 0.1) is 18.7 Å². The van der Waals surface area contributed by atoms with Gasteiger partial charge in [-0.2, -0.15) is 27.5 Å². The van der Waals surface area contributed by atoms with Gasteiger partial charge in [0.1, 0.15) is 3.70 Å². The molecule has 1 heterocycles. The van der Waals surface area contributed by atoms with Crippen molar-refractivity contribution in [3.05, 3.63) is 9.90 Å². The second-order valence-electron chi connectivity index (χ2n) is 3.45. The predicted octanol–water partition coefficient (Wildman–Crippen LogP) is 2.17. The highest BCUT2D eigenvalue weighted by Gasteiger charge is 2.71. The zero-order chi connectivity index (χ0) is 11.3. The first-order valence-corrected chi connectivity index (χ1v) is 5.22. The molecule has 0 amide bonds. The van der Waals surface area contributed by atoms with Gasteiger partial charge in [-0.3, -0.25) is 0 Å². The maximum absolute atomic E-state index is 12.9. The van der Waals surface area contributed by atoms with Crippen LogP contribution in [0.4, 0.5) is 17.6 Å². The van der Waals surface area contributed by atoms with Gasteiger partial charge in [-0.05, 0) is 22.6 Å². The third-order valence-corrected chi connectivity index (χ3v) is 2.89. The first kappa shape index (κ1) is 11.1. The zero-order valence-electron chi connectivity index (χ0n) is 7.30. The van der Waals surface area contributed by atoms with Crippen LogP contribution < -0.4 is 0 Å². The van der Waals surface area contributed by atoms with E-state index in [-0.39, 0.29) is 6.54 Å². The van der Waals surface area contributed by atoms with E-state index in [1.165, 1.54) is 6.20 Å². The first-order valence-electron chi connectivity index (χ1n) is 4.14. The van der Waals surface area contributed by atoms with Crippen LogP contribution in [0, 0.1) is 9.62 Å². The van der Waals surface area contributed by atoms with E-state index in [4.69, 9.17) is 0 Å². The van der Waals surface area contributed by atoms with Crippen molar-refractivity contribution in [2.45, 2.75) is 24.8 Å². The second-order valence-corrected chi connectivity index (χ2v) is 4.56. The number of aromatic nitrogens is 3. The number of halogens is 5. The molecule has 15 heavy (non-hydrogen) atoms. The smallest absolute Gasteiger partial charge is 0.200 e. The van der Waals surface area contributed by atoms with Crippen LogP contribution in [0.2, 0.25) is 0 Å². The molecule has 84 valence electrons. The van der Waals surface area contributed by atoms with E-state index in [1.807, 2.05) is 22.6 Å². The van der Waals surface area contributed by atoms with E-state index in [1.54, 1.807) is 0 Å². The zero-order valence-corrected chi connectivity index (χ0v) is 9.46. The fourth-order valence-corrected chi connectivity index (χ4v) is 1.86. The molecule has 2 rings (SSSR count). The summed E-state index contributed by atoms with van der Waals surface area (Å²) in [4.78, 5) is 1.02. The Balaban J connectivity index is 2.04.